The molecule has 6 rings (SSSR count). The molecule has 1 aromatic heterocycles. The third-order valence-electron chi connectivity index (χ3n) is 6.85. The molecule has 40 heavy (non-hydrogen) atoms. The number of thioether (sulfide) groups is 1. The van der Waals surface area contributed by atoms with Crippen LogP contribution in [0.5, 0.6) is 5.75 Å². The number of aromatic nitrogens is 1. The van der Waals surface area contributed by atoms with Crippen LogP contribution in [-0.4, -0.2) is 34.6 Å². The van der Waals surface area contributed by atoms with Gasteiger partial charge < -0.3 is 15.0 Å². The summed E-state index contributed by atoms with van der Waals surface area (Å²) in [5.74, 6) is -1.67. The number of hydrogen-bond acceptors (Lipinski definition) is 7. The second-order valence-electron chi connectivity index (χ2n) is 9.51. The van der Waals surface area contributed by atoms with Gasteiger partial charge in [0.15, 0.2) is 6.61 Å². The van der Waals surface area contributed by atoms with Gasteiger partial charge in [-0.1, -0.05) is 64.5 Å². The molecule has 8 nitrogen and oxygen atoms in total. The van der Waals surface area contributed by atoms with Crippen LogP contribution < -0.4 is 19.8 Å². The molecule has 0 spiro atoms. The zero-order chi connectivity index (χ0) is 28.0. The van der Waals surface area contributed by atoms with E-state index in [0.29, 0.717) is 27.2 Å². The van der Waals surface area contributed by atoms with Gasteiger partial charge in [-0.3, -0.25) is 19.2 Å². The van der Waals surface area contributed by atoms with Crippen molar-refractivity contribution in [2.24, 2.45) is 5.92 Å². The molecule has 0 bridgehead atoms. The number of halogens is 1. The fourth-order valence-corrected chi connectivity index (χ4v) is 7.62. The highest BCUT2D eigenvalue weighted by molar-refractivity contribution is 8.00. The van der Waals surface area contributed by atoms with E-state index >= 15 is 0 Å². The Morgan fingerprint density at radius 2 is 1.68 bits per heavy atom. The average Bonchev–Trinajstić information content (AvgIpc) is 3.44. The van der Waals surface area contributed by atoms with Crippen molar-refractivity contribution in [3.05, 3.63) is 103 Å². The number of thiazole rings is 1. The van der Waals surface area contributed by atoms with Gasteiger partial charge in [0.25, 0.3) is 5.91 Å². The number of aromatic amines is 1. The summed E-state index contributed by atoms with van der Waals surface area (Å²) in [6, 6.07) is 21.1. The maximum atomic E-state index is 13.8. The Bertz CT molecular complexity index is 1670. The van der Waals surface area contributed by atoms with Crippen molar-refractivity contribution in [1.29, 1.82) is 0 Å². The molecule has 1 fully saturated rings. The van der Waals surface area contributed by atoms with Crippen LogP contribution in [0.2, 0.25) is 5.02 Å². The lowest BCUT2D eigenvalue weighted by atomic mass is 9.83. The Balaban J connectivity index is 1.24. The first kappa shape index (κ1) is 26.4. The van der Waals surface area contributed by atoms with Gasteiger partial charge in [0.2, 0.25) is 11.8 Å². The van der Waals surface area contributed by atoms with Crippen molar-refractivity contribution < 1.29 is 19.1 Å². The lowest BCUT2D eigenvalue weighted by Gasteiger charge is -2.29. The first-order chi connectivity index (χ1) is 19.3. The summed E-state index contributed by atoms with van der Waals surface area (Å²) >= 11 is 8.29. The molecule has 11 heteroatoms. The number of benzene rings is 3. The molecule has 2 aliphatic heterocycles. The van der Waals surface area contributed by atoms with E-state index in [1.807, 2.05) is 43.3 Å². The highest BCUT2D eigenvalue weighted by Gasteiger charge is 2.56. The van der Waals surface area contributed by atoms with E-state index in [0.717, 1.165) is 27.3 Å². The summed E-state index contributed by atoms with van der Waals surface area (Å²) in [6.45, 7) is 1.79. The quantitative estimate of drug-likeness (QED) is 0.298. The molecule has 3 amide bonds. The van der Waals surface area contributed by atoms with Crippen molar-refractivity contribution in [3.8, 4) is 5.75 Å². The van der Waals surface area contributed by atoms with E-state index in [4.69, 9.17) is 16.3 Å². The van der Waals surface area contributed by atoms with E-state index in [9.17, 15) is 19.2 Å². The lowest BCUT2D eigenvalue weighted by Crippen LogP contribution is -2.32. The third-order valence-corrected chi connectivity index (χ3v) is 9.51. The van der Waals surface area contributed by atoms with Crippen LogP contribution in [0.3, 0.4) is 0 Å². The number of carbonyl (C=O) groups is 3. The SMILES string of the molecule is Cc1ccc(NC(=O)COc2ccc([C@@H]3c4sc(=O)[nH]c4S[C@H]4C(=O)N(c5ccc(Cl)cc5)C(=O)[C@@H]34)cc2)cc1. The molecule has 2 aliphatic rings. The summed E-state index contributed by atoms with van der Waals surface area (Å²) in [5, 5.41) is 3.21. The van der Waals surface area contributed by atoms with Crippen LogP contribution in [0.25, 0.3) is 0 Å². The van der Waals surface area contributed by atoms with Crippen molar-refractivity contribution >= 4 is 63.8 Å². The van der Waals surface area contributed by atoms with Crippen LogP contribution in [0.1, 0.15) is 21.9 Å². The first-order valence-electron chi connectivity index (χ1n) is 12.4. The topological polar surface area (TPSA) is 109 Å². The second kappa shape index (κ2) is 10.6. The minimum atomic E-state index is -0.695. The number of carbonyl (C=O) groups excluding carboxylic acids is 3. The maximum Gasteiger partial charge on any atom is 0.305 e. The van der Waals surface area contributed by atoms with E-state index in [1.165, 1.54) is 16.7 Å². The number of anilines is 2. The van der Waals surface area contributed by atoms with Crippen LogP contribution in [0.15, 0.2) is 82.6 Å². The molecule has 3 atom stereocenters. The lowest BCUT2D eigenvalue weighted by molar-refractivity contribution is -0.122. The molecule has 1 saturated heterocycles. The predicted octanol–water partition coefficient (Wildman–Crippen LogP) is 5.21. The maximum absolute atomic E-state index is 13.8. The Kier molecular flexibility index (Phi) is 6.99. The summed E-state index contributed by atoms with van der Waals surface area (Å²) in [6.07, 6.45) is 0. The van der Waals surface area contributed by atoms with E-state index < -0.39 is 17.1 Å². The largest absolute Gasteiger partial charge is 0.484 e. The second-order valence-corrected chi connectivity index (χ2v) is 12.1. The zero-order valence-electron chi connectivity index (χ0n) is 21.1. The number of rotatable bonds is 6. The molecule has 0 aliphatic carbocycles. The van der Waals surface area contributed by atoms with Gasteiger partial charge in [0.05, 0.1) is 16.6 Å². The molecule has 0 unspecified atom stereocenters. The van der Waals surface area contributed by atoms with Crippen molar-refractivity contribution in [2.45, 2.75) is 23.1 Å². The Labute approximate surface area is 242 Å². The molecule has 4 aromatic rings. The summed E-state index contributed by atoms with van der Waals surface area (Å²) in [4.78, 5) is 56.4. The first-order valence-corrected chi connectivity index (χ1v) is 14.5. The fourth-order valence-electron chi connectivity index (χ4n) is 4.98. The number of fused-ring (bicyclic) bond motifs is 2. The minimum absolute atomic E-state index is 0.176. The number of ether oxygens (including phenoxy) is 1. The molecule has 202 valence electrons. The van der Waals surface area contributed by atoms with Gasteiger partial charge >= 0.3 is 4.87 Å². The van der Waals surface area contributed by atoms with Crippen molar-refractivity contribution in [2.75, 3.05) is 16.8 Å². The van der Waals surface area contributed by atoms with Crippen molar-refractivity contribution in [1.82, 2.24) is 4.98 Å². The average molecular weight is 592 g/mol. The standard InChI is InChI=1S/C29H22ClN3O5S2/c1-15-2-8-18(9-3-15)31-21(34)14-38-20-12-4-16(5-13-20)22-23-25(39-26-24(22)40-29(37)32-26)28(36)33(27(23)35)19-10-6-17(30)7-11-19/h2-13,22-23,25H,14H2,1H3,(H,31,34)(H,32,37)/t22-,23-,25+/m0/s1. The number of nitrogens with zero attached hydrogens (tertiary/aromatic N) is 1. The zero-order valence-corrected chi connectivity index (χ0v) is 23.4. The van der Waals surface area contributed by atoms with Crippen LogP contribution in [-0.2, 0) is 14.4 Å². The number of amides is 3. The number of nitrogens with one attached hydrogen (secondary N) is 2. The van der Waals surface area contributed by atoms with Gasteiger partial charge in [0, 0.05) is 21.5 Å². The van der Waals surface area contributed by atoms with Crippen LogP contribution in [0.4, 0.5) is 11.4 Å². The molecule has 0 saturated carbocycles. The normalized spacial score (nSPS) is 19.8. The fraction of sp³-hybridized carbons (Fsp3) is 0.172. The number of imide groups is 1. The number of aryl methyl sites for hydroxylation is 1. The molecule has 0 radical (unpaired) electrons. The van der Waals surface area contributed by atoms with Crippen LogP contribution in [0, 0.1) is 12.8 Å². The summed E-state index contributed by atoms with van der Waals surface area (Å²) in [5.41, 5.74) is 3.00. The van der Waals surface area contributed by atoms with Gasteiger partial charge in [-0.15, -0.1) is 0 Å². The van der Waals surface area contributed by atoms with Gasteiger partial charge in [-0.05, 0) is 61.0 Å². The monoisotopic (exact) mass is 591 g/mol. The highest BCUT2D eigenvalue weighted by atomic mass is 35.5. The van der Waals surface area contributed by atoms with E-state index in [2.05, 4.69) is 10.3 Å². The van der Waals surface area contributed by atoms with E-state index in [-0.39, 0.29) is 29.2 Å². The highest BCUT2D eigenvalue weighted by Crippen LogP contribution is 2.53. The van der Waals surface area contributed by atoms with E-state index in [1.54, 1.807) is 36.4 Å². The molecule has 3 aromatic carbocycles. The Morgan fingerprint density at radius 3 is 2.38 bits per heavy atom. The number of H-pyrrole nitrogens is 1. The Hall–Kier alpha value is -3.86. The minimum Gasteiger partial charge on any atom is -0.484 e. The molecular weight excluding hydrogens is 570 g/mol. The van der Waals surface area contributed by atoms with Gasteiger partial charge in [-0.2, -0.15) is 0 Å². The predicted molar refractivity (Wildman–Crippen MR) is 156 cm³/mol. The summed E-state index contributed by atoms with van der Waals surface area (Å²) in [7, 11) is 0. The third kappa shape index (κ3) is 4.94. The van der Waals surface area contributed by atoms with Crippen LogP contribution >= 0.6 is 34.7 Å². The molecule has 3 heterocycles. The molecule has 2 N–H and O–H groups in total. The number of hydrogen-bond donors (Lipinski definition) is 2. The molecular formula is C29H22ClN3O5S2. The Morgan fingerprint density at radius 1 is 0.975 bits per heavy atom. The summed E-state index contributed by atoms with van der Waals surface area (Å²) < 4.78 is 5.68. The van der Waals surface area contributed by atoms with Crippen molar-refractivity contribution in [3.63, 3.8) is 0 Å². The van der Waals surface area contributed by atoms with Gasteiger partial charge in [0.1, 0.15) is 11.0 Å². The van der Waals surface area contributed by atoms with Gasteiger partial charge in [-0.25, -0.2) is 4.90 Å². The smallest absolute Gasteiger partial charge is 0.305 e.